The molecular formula is C18H20ClNO4S. The fourth-order valence-electron chi connectivity index (χ4n) is 2.25. The lowest BCUT2D eigenvalue weighted by molar-refractivity contribution is -0.120. The SMILES string of the molecule is CS(=O)(=O)[C@@H](Cc1ccccc1)C(=O)NCCOc1ccc(Cl)cc1. The fourth-order valence-corrected chi connectivity index (χ4v) is 3.35. The average Bonchev–Trinajstić information content (AvgIpc) is 2.58. The molecule has 0 aliphatic rings. The molecule has 0 spiro atoms. The van der Waals surface area contributed by atoms with E-state index < -0.39 is 21.0 Å². The molecule has 25 heavy (non-hydrogen) atoms. The van der Waals surface area contributed by atoms with Crippen LogP contribution < -0.4 is 10.1 Å². The molecule has 1 amide bonds. The first kappa shape index (κ1) is 19.3. The molecule has 5 nitrogen and oxygen atoms in total. The van der Waals surface area contributed by atoms with Gasteiger partial charge in [0.05, 0.1) is 6.54 Å². The van der Waals surface area contributed by atoms with Crippen LogP contribution in [0.4, 0.5) is 0 Å². The van der Waals surface area contributed by atoms with Gasteiger partial charge in [0, 0.05) is 11.3 Å². The van der Waals surface area contributed by atoms with Gasteiger partial charge in [0.15, 0.2) is 9.84 Å². The second kappa shape index (κ2) is 8.87. The van der Waals surface area contributed by atoms with Crippen LogP contribution in [0.2, 0.25) is 5.02 Å². The molecule has 1 N–H and O–H groups in total. The summed E-state index contributed by atoms with van der Waals surface area (Å²) in [5.74, 6) is 0.105. The molecule has 0 saturated heterocycles. The predicted molar refractivity (Wildman–Crippen MR) is 98.7 cm³/mol. The second-order valence-corrected chi connectivity index (χ2v) is 8.27. The minimum Gasteiger partial charge on any atom is -0.492 e. The lowest BCUT2D eigenvalue weighted by Crippen LogP contribution is -2.42. The van der Waals surface area contributed by atoms with Crippen LogP contribution in [0.1, 0.15) is 5.56 Å². The Labute approximate surface area is 152 Å². The van der Waals surface area contributed by atoms with Crippen molar-refractivity contribution < 1.29 is 17.9 Å². The Morgan fingerprint density at radius 2 is 1.76 bits per heavy atom. The molecule has 0 aliphatic carbocycles. The molecule has 0 bridgehead atoms. The first-order valence-corrected chi connectivity index (χ1v) is 10.1. The minimum absolute atomic E-state index is 0.142. The van der Waals surface area contributed by atoms with Gasteiger partial charge in [0.2, 0.25) is 5.91 Å². The van der Waals surface area contributed by atoms with Gasteiger partial charge in [0.25, 0.3) is 0 Å². The molecule has 0 unspecified atom stereocenters. The van der Waals surface area contributed by atoms with Gasteiger partial charge >= 0.3 is 0 Å². The Kier molecular flexibility index (Phi) is 6.84. The number of carbonyl (C=O) groups excluding carboxylic acids is 1. The highest BCUT2D eigenvalue weighted by Crippen LogP contribution is 2.15. The van der Waals surface area contributed by atoms with Gasteiger partial charge in [-0.2, -0.15) is 0 Å². The van der Waals surface area contributed by atoms with Gasteiger partial charge in [-0.25, -0.2) is 8.42 Å². The van der Waals surface area contributed by atoms with E-state index in [4.69, 9.17) is 16.3 Å². The minimum atomic E-state index is -3.52. The fraction of sp³-hybridized carbons (Fsp3) is 0.278. The molecular weight excluding hydrogens is 362 g/mol. The highest BCUT2D eigenvalue weighted by Gasteiger charge is 2.28. The third kappa shape index (κ3) is 6.40. The van der Waals surface area contributed by atoms with Crippen molar-refractivity contribution >= 4 is 27.3 Å². The molecule has 7 heteroatoms. The molecule has 0 heterocycles. The lowest BCUT2D eigenvalue weighted by atomic mass is 10.1. The zero-order valence-electron chi connectivity index (χ0n) is 13.8. The van der Waals surface area contributed by atoms with E-state index in [2.05, 4.69) is 5.32 Å². The van der Waals surface area contributed by atoms with Gasteiger partial charge in [-0.05, 0) is 36.2 Å². The summed E-state index contributed by atoms with van der Waals surface area (Å²) < 4.78 is 29.4. The molecule has 1 atom stereocenters. The van der Waals surface area contributed by atoms with Crippen LogP contribution in [-0.2, 0) is 21.1 Å². The van der Waals surface area contributed by atoms with E-state index >= 15 is 0 Å². The number of sulfone groups is 1. The second-order valence-electron chi connectivity index (χ2n) is 5.60. The molecule has 0 aromatic heterocycles. The monoisotopic (exact) mass is 381 g/mol. The summed E-state index contributed by atoms with van der Waals surface area (Å²) in [4.78, 5) is 12.3. The van der Waals surface area contributed by atoms with Crippen LogP contribution in [0.5, 0.6) is 5.75 Å². The van der Waals surface area contributed by atoms with Crippen LogP contribution in [0.15, 0.2) is 54.6 Å². The number of nitrogens with one attached hydrogen (secondary N) is 1. The summed E-state index contributed by atoms with van der Waals surface area (Å²) in [5, 5.41) is 2.11. The Morgan fingerprint density at radius 1 is 1.12 bits per heavy atom. The summed E-state index contributed by atoms with van der Waals surface area (Å²) in [6.07, 6.45) is 1.22. The van der Waals surface area contributed by atoms with Gasteiger partial charge in [-0.1, -0.05) is 41.9 Å². The topological polar surface area (TPSA) is 72.5 Å². The molecule has 0 radical (unpaired) electrons. The number of hydrogen-bond donors (Lipinski definition) is 1. The van der Waals surface area contributed by atoms with Crippen LogP contribution in [0, 0.1) is 0 Å². The predicted octanol–water partition coefficient (Wildman–Crippen LogP) is 2.49. The van der Waals surface area contributed by atoms with Gasteiger partial charge in [-0.3, -0.25) is 4.79 Å². The van der Waals surface area contributed by atoms with Crippen molar-refractivity contribution in [3.63, 3.8) is 0 Å². The summed E-state index contributed by atoms with van der Waals surface area (Å²) in [7, 11) is -3.52. The Morgan fingerprint density at radius 3 is 2.36 bits per heavy atom. The standard InChI is InChI=1S/C18H20ClNO4S/c1-25(22,23)17(13-14-5-3-2-4-6-14)18(21)20-11-12-24-16-9-7-15(19)8-10-16/h2-10,17H,11-13H2,1H3,(H,20,21)/t17-/m0/s1. The molecule has 0 fully saturated rings. The van der Waals surface area contributed by atoms with Crippen molar-refractivity contribution in [3.05, 3.63) is 65.2 Å². The summed E-state index contributed by atoms with van der Waals surface area (Å²) in [6.45, 7) is 0.442. The first-order chi connectivity index (χ1) is 11.9. The van der Waals surface area contributed by atoms with E-state index in [1.165, 1.54) is 0 Å². The van der Waals surface area contributed by atoms with E-state index in [-0.39, 0.29) is 19.6 Å². The maximum atomic E-state index is 12.3. The number of halogens is 1. The third-order valence-electron chi connectivity index (χ3n) is 3.56. The maximum absolute atomic E-state index is 12.3. The van der Waals surface area contributed by atoms with Crippen molar-refractivity contribution in [2.24, 2.45) is 0 Å². The van der Waals surface area contributed by atoms with E-state index in [0.29, 0.717) is 10.8 Å². The largest absolute Gasteiger partial charge is 0.492 e. The normalized spacial score (nSPS) is 12.4. The first-order valence-electron chi connectivity index (χ1n) is 7.75. The van der Waals surface area contributed by atoms with Crippen molar-refractivity contribution in [2.75, 3.05) is 19.4 Å². The van der Waals surface area contributed by atoms with Gasteiger partial charge < -0.3 is 10.1 Å². The van der Waals surface area contributed by atoms with Crippen molar-refractivity contribution in [1.82, 2.24) is 5.32 Å². The highest BCUT2D eigenvalue weighted by atomic mass is 35.5. The third-order valence-corrected chi connectivity index (χ3v) is 5.22. The molecule has 0 saturated carbocycles. The number of ether oxygens (including phenoxy) is 1. The number of hydrogen-bond acceptors (Lipinski definition) is 4. The van der Waals surface area contributed by atoms with Crippen LogP contribution in [-0.4, -0.2) is 39.0 Å². The Hall–Kier alpha value is -2.05. The quantitative estimate of drug-likeness (QED) is 0.713. The Balaban J connectivity index is 1.88. The smallest absolute Gasteiger partial charge is 0.238 e. The van der Waals surface area contributed by atoms with Crippen LogP contribution in [0.25, 0.3) is 0 Å². The Bertz CT molecular complexity index is 792. The molecule has 2 aromatic carbocycles. The zero-order valence-corrected chi connectivity index (χ0v) is 15.4. The summed E-state index contributed by atoms with van der Waals surface area (Å²) >= 11 is 5.79. The maximum Gasteiger partial charge on any atom is 0.238 e. The van der Waals surface area contributed by atoms with E-state index in [1.807, 2.05) is 18.2 Å². The van der Waals surface area contributed by atoms with Crippen LogP contribution >= 0.6 is 11.6 Å². The van der Waals surface area contributed by atoms with Gasteiger partial charge in [-0.15, -0.1) is 0 Å². The number of amides is 1. The average molecular weight is 382 g/mol. The van der Waals surface area contributed by atoms with Crippen molar-refractivity contribution in [3.8, 4) is 5.75 Å². The molecule has 0 aliphatic heterocycles. The summed E-state index contributed by atoms with van der Waals surface area (Å²) in [5.41, 5.74) is 0.797. The number of rotatable bonds is 8. The van der Waals surface area contributed by atoms with Crippen molar-refractivity contribution in [2.45, 2.75) is 11.7 Å². The number of carbonyl (C=O) groups is 1. The lowest BCUT2D eigenvalue weighted by Gasteiger charge is -2.15. The van der Waals surface area contributed by atoms with E-state index in [1.54, 1.807) is 36.4 Å². The van der Waals surface area contributed by atoms with E-state index in [9.17, 15) is 13.2 Å². The molecule has 2 aromatic rings. The molecule has 2 rings (SSSR count). The van der Waals surface area contributed by atoms with Crippen LogP contribution in [0.3, 0.4) is 0 Å². The van der Waals surface area contributed by atoms with Gasteiger partial charge in [0.1, 0.15) is 17.6 Å². The molecule has 134 valence electrons. The number of benzene rings is 2. The zero-order chi connectivity index (χ0) is 18.3. The summed E-state index contributed by atoms with van der Waals surface area (Å²) in [6, 6.07) is 15.9. The van der Waals surface area contributed by atoms with Crippen molar-refractivity contribution in [1.29, 1.82) is 0 Å². The van der Waals surface area contributed by atoms with E-state index in [0.717, 1.165) is 11.8 Å². The highest BCUT2D eigenvalue weighted by molar-refractivity contribution is 7.92.